The van der Waals surface area contributed by atoms with Gasteiger partial charge in [0.1, 0.15) is 0 Å². The number of halogens is 1. The Labute approximate surface area is 130 Å². The Balaban J connectivity index is 1.69. The van der Waals surface area contributed by atoms with Crippen molar-refractivity contribution < 1.29 is 0 Å². The molecule has 0 amide bonds. The molecule has 3 rings (SSSR count). The lowest BCUT2D eigenvalue weighted by Gasteiger charge is -2.24. The molecule has 1 unspecified atom stereocenters. The minimum Gasteiger partial charge on any atom is -0.0887 e. The Bertz CT molecular complexity index is 549. The van der Waals surface area contributed by atoms with E-state index >= 15 is 0 Å². The molecule has 0 N–H and O–H groups in total. The molecule has 2 aromatic carbocycles. The molecule has 2 aromatic rings. The fourth-order valence-corrected chi connectivity index (χ4v) is 4.45. The molecular weight excluding hydrogens is 308 g/mol. The fraction of sp³-hybridized carbons (Fsp3) is 0.474. The van der Waals surface area contributed by atoms with Crippen molar-refractivity contribution in [2.45, 2.75) is 49.8 Å². The summed E-state index contributed by atoms with van der Waals surface area (Å²) in [5.41, 5.74) is 1.49. The van der Waals surface area contributed by atoms with Gasteiger partial charge in [0, 0.05) is 4.83 Å². The first-order chi connectivity index (χ1) is 9.83. The van der Waals surface area contributed by atoms with Gasteiger partial charge >= 0.3 is 0 Å². The van der Waals surface area contributed by atoms with Crippen molar-refractivity contribution in [3.8, 4) is 0 Å². The number of hydrogen-bond acceptors (Lipinski definition) is 0. The third kappa shape index (κ3) is 3.44. The minimum atomic E-state index is 0.622. The highest BCUT2D eigenvalue weighted by molar-refractivity contribution is 9.09. The van der Waals surface area contributed by atoms with Gasteiger partial charge in [-0.1, -0.05) is 90.5 Å². The van der Waals surface area contributed by atoms with Crippen LogP contribution in [0.25, 0.3) is 10.8 Å². The van der Waals surface area contributed by atoms with Gasteiger partial charge in [-0.25, -0.2) is 0 Å². The average Bonchev–Trinajstić information content (AvgIpc) is 2.48. The topological polar surface area (TPSA) is 0 Å². The Morgan fingerprint density at radius 3 is 2.55 bits per heavy atom. The van der Waals surface area contributed by atoms with Crippen LogP contribution in [-0.4, -0.2) is 4.83 Å². The summed E-state index contributed by atoms with van der Waals surface area (Å²) in [4.78, 5) is 0.622. The normalized spacial score (nSPS) is 18.2. The van der Waals surface area contributed by atoms with E-state index in [2.05, 4.69) is 58.4 Å². The average molecular weight is 331 g/mol. The lowest BCUT2D eigenvalue weighted by atomic mass is 9.85. The molecule has 0 aliphatic heterocycles. The number of hydrogen-bond donors (Lipinski definition) is 0. The zero-order valence-electron chi connectivity index (χ0n) is 12.0. The summed E-state index contributed by atoms with van der Waals surface area (Å²) in [6, 6.07) is 15.4. The standard InChI is InChI=1S/C19H23Br/c20-18(13-15-7-2-1-3-8-15)14-17-11-6-10-16-9-4-5-12-19(16)17/h4-6,9-12,15,18H,1-3,7-8,13-14H2. The van der Waals surface area contributed by atoms with Gasteiger partial charge < -0.3 is 0 Å². The van der Waals surface area contributed by atoms with E-state index in [4.69, 9.17) is 0 Å². The fourth-order valence-electron chi connectivity index (χ4n) is 3.58. The van der Waals surface area contributed by atoms with Crippen molar-refractivity contribution in [1.29, 1.82) is 0 Å². The summed E-state index contributed by atoms with van der Waals surface area (Å²) in [5.74, 6) is 0.947. The molecule has 106 valence electrons. The quantitative estimate of drug-likeness (QED) is 0.592. The second-order valence-electron chi connectivity index (χ2n) is 6.18. The van der Waals surface area contributed by atoms with E-state index in [1.165, 1.54) is 54.9 Å². The third-order valence-corrected chi connectivity index (χ3v) is 5.33. The monoisotopic (exact) mass is 330 g/mol. The van der Waals surface area contributed by atoms with Gasteiger partial charge in [0.05, 0.1) is 0 Å². The second-order valence-corrected chi connectivity index (χ2v) is 7.47. The molecule has 1 fully saturated rings. The van der Waals surface area contributed by atoms with Crippen molar-refractivity contribution >= 4 is 26.7 Å². The molecule has 0 bridgehead atoms. The van der Waals surface area contributed by atoms with Gasteiger partial charge in [0.25, 0.3) is 0 Å². The van der Waals surface area contributed by atoms with Gasteiger partial charge in [-0.05, 0) is 35.1 Å². The summed E-state index contributed by atoms with van der Waals surface area (Å²) >= 11 is 3.94. The van der Waals surface area contributed by atoms with Crippen LogP contribution in [0.2, 0.25) is 0 Å². The molecule has 0 aromatic heterocycles. The molecular formula is C19H23Br. The Morgan fingerprint density at radius 1 is 0.950 bits per heavy atom. The first-order valence-corrected chi connectivity index (χ1v) is 8.85. The molecule has 0 radical (unpaired) electrons. The lowest BCUT2D eigenvalue weighted by Crippen LogP contribution is -2.14. The van der Waals surface area contributed by atoms with E-state index in [-0.39, 0.29) is 0 Å². The van der Waals surface area contributed by atoms with E-state index in [1.54, 1.807) is 0 Å². The largest absolute Gasteiger partial charge is 0.0887 e. The molecule has 0 spiro atoms. The highest BCUT2D eigenvalue weighted by Gasteiger charge is 2.18. The first-order valence-electron chi connectivity index (χ1n) is 7.93. The molecule has 1 saturated carbocycles. The van der Waals surface area contributed by atoms with E-state index in [9.17, 15) is 0 Å². The first kappa shape index (κ1) is 14.1. The highest BCUT2D eigenvalue weighted by Crippen LogP contribution is 2.31. The Hall–Kier alpha value is -0.820. The number of fused-ring (bicyclic) bond motifs is 1. The highest BCUT2D eigenvalue weighted by atomic mass is 79.9. The minimum absolute atomic E-state index is 0.622. The van der Waals surface area contributed by atoms with Crippen LogP contribution in [0.3, 0.4) is 0 Å². The lowest BCUT2D eigenvalue weighted by molar-refractivity contribution is 0.337. The summed E-state index contributed by atoms with van der Waals surface area (Å²) in [6.07, 6.45) is 9.71. The summed E-state index contributed by atoms with van der Waals surface area (Å²) in [6.45, 7) is 0. The summed E-state index contributed by atoms with van der Waals surface area (Å²) in [5, 5.41) is 2.78. The van der Waals surface area contributed by atoms with Crippen molar-refractivity contribution in [3.63, 3.8) is 0 Å². The van der Waals surface area contributed by atoms with Crippen molar-refractivity contribution in [2.24, 2.45) is 5.92 Å². The van der Waals surface area contributed by atoms with Gasteiger partial charge in [0.2, 0.25) is 0 Å². The molecule has 0 nitrogen and oxygen atoms in total. The zero-order chi connectivity index (χ0) is 13.8. The molecule has 1 heteroatoms. The van der Waals surface area contributed by atoms with Gasteiger partial charge in [-0.15, -0.1) is 0 Å². The maximum absolute atomic E-state index is 3.94. The van der Waals surface area contributed by atoms with Crippen LogP contribution in [-0.2, 0) is 6.42 Å². The molecule has 1 atom stereocenters. The maximum Gasteiger partial charge on any atom is 0.0189 e. The van der Waals surface area contributed by atoms with Gasteiger partial charge in [-0.2, -0.15) is 0 Å². The van der Waals surface area contributed by atoms with Crippen LogP contribution in [0.4, 0.5) is 0 Å². The van der Waals surface area contributed by atoms with Crippen LogP contribution >= 0.6 is 15.9 Å². The van der Waals surface area contributed by atoms with Crippen molar-refractivity contribution in [2.75, 3.05) is 0 Å². The van der Waals surface area contributed by atoms with E-state index in [0.29, 0.717) is 4.83 Å². The van der Waals surface area contributed by atoms with Crippen LogP contribution in [0.5, 0.6) is 0 Å². The van der Waals surface area contributed by atoms with Crippen LogP contribution in [0.15, 0.2) is 42.5 Å². The van der Waals surface area contributed by atoms with Gasteiger partial charge in [-0.3, -0.25) is 0 Å². The zero-order valence-corrected chi connectivity index (χ0v) is 13.6. The van der Waals surface area contributed by atoms with E-state index in [1.807, 2.05) is 0 Å². The van der Waals surface area contributed by atoms with E-state index < -0.39 is 0 Å². The molecule has 1 aliphatic rings. The Kier molecular flexibility index (Phi) is 4.77. The van der Waals surface area contributed by atoms with Crippen LogP contribution < -0.4 is 0 Å². The Morgan fingerprint density at radius 2 is 1.70 bits per heavy atom. The second kappa shape index (κ2) is 6.76. The smallest absolute Gasteiger partial charge is 0.0189 e. The predicted octanol–water partition coefficient (Wildman–Crippen LogP) is 6.12. The van der Waals surface area contributed by atoms with Crippen molar-refractivity contribution in [1.82, 2.24) is 0 Å². The molecule has 1 aliphatic carbocycles. The van der Waals surface area contributed by atoms with E-state index in [0.717, 1.165) is 12.3 Å². The summed E-state index contributed by atoms with van der Waals surface area (Å²) < 4.78 is 0. The maximum atomic E-state index is 3.94. The molecule has 20 heavy (non-hydrogen) atoms. The van der Waals surface area contributed by atoms with Crippen molar-refractivity contribution in [3.05, 3.63) is 48.0 Å². The van der Waals surface area contributed by atoms with Crippen LogP contribution in [0, 0.1) is 5.92 Å². The number of alkyl halides is 1. The predicted molar refractivity (Wildman–Crippen MR) is 91.6 cm³/mol. The molecule has 0 heterocycles. The summed E-state index contributed by atoms with van der Waals surface area (Å²) in [7, 11) is 0. The van der Waals surface area contributed by atoms with Gasteiger partial charge in [0.15, 0.2) is 0 Å². The number of benzene rings is 2. The third-order valence-electron chi connectivity index (χ3n) is 4.64. The SMILES string of the molecule is BrC(Cc1cccc2ccccc12)CC1CCCCC1. The number of rotatable bonds is 4. The van der Waals surface area contributed by atoms with Crippen LogP contribution in [0.1, 0.15) is 44.1 Å². The molecule has 0 saturated heterocycles.